The van der Waals surface area contributed by atoms with E-state index in [1.54, 1.807) is 11.8 Å². The average Bonchev–Trinajstić information content (AvgIpc) is 2.71. The number of amides is 1. The molecule has 1 heterocycles. The molecule has 0 spiro atoms. The van der Waals surface area contributed by atoms with Gasteiger partial charge in [-0.15, -0.1) is 11.8 Å². The van der Waals surface area contributed by atoms with Crippen LogP contribution in [0.4, 0.5) is 0 Å². The van der Waals surface area contributed by atoms with Crippen molar-refractivity contribution in [2.75, 3.05) is 32.1 Å². The lowest BCUT2D eigenvalue weighted by Gasteiger charge is -2.27. The van der Waals surface area contributed by atoms with Gasteiger partial charge in [-0.1, -0.05) is 30.3 Å². The summed E-state index contributed by atoms with van der Waals surface area (Å²) in [6, 6.07) is 14.9. The lowest BCUT2D eigenvalue weighted by molar-refractivity contribution is -0.120. The molecule has 1 fully saturated rings. The predicted octanol–water partition coefficient (Wildman–Crippen LogP) is 3.93. The number of ether oxygens (including phenoxy) is 1. The number of aryl methyl sites for hydroxylation is 2. The van der Waals surface area contributed by atoms with Crippen molar-refractivity contribution >= 4 is 17.7 Å². The van der Waals surface area contributed by atoms with Gasteiger partial charge in [0.1, 0.15) is 0 Å². The Morgan fingerprint density at radius 3 is 2.57 bits per heavy atom. The van der Waals surface area contributed by atoms with Gasteiger partial charge >= 0.3 is 0 Å². The zero-order valence-electron chi connectivity index (χ0n) is 16.9. The molecule has 150 valence electrons. The zero-order valence-corrected chi connectivity index (χ0v) is 17.7. The molecule has 4 nitrogen and oxygen atoms in total. The minimum Gasteiger partial charge on any atom is -0.379 e. The highest BCUT2D eigenvalue weighted by Gasteiger charge is 2.13. The minimum absolute atomic E-state index is 0.109. The molecule has 0 aliphatic carbocycles. The number of nitrogens with zero attached hydrogens (tertiary/aromatic N) is 1. The molecule has 1 aliphatic rings. The number of thioether (sulfide) groups is 1. The third kappa shape index (κ3) is 6.36. The molecule has 0 aromatic heterocycles. The molecule has 5 heteroatoms. The van der Waals surface area contributed by atoms with Crippen LogP contribution in [-0.4, -0.2) is 42.9 Å². The van der Waals surface area contributed by atoms with E-state index in [9.17, 15) is 4.79 Å². The van der Waals surface area contributed by atoms with Crippen LogP contribution in [-0.2, 0) is 22.6 Å². The van der Waals surface area contributed by atoms with Crippen molar-refractivity contribution in [3.05, 3.63) is 64.7 Å². The third-order valence-electron chi connectivity index (χ3n) is 5.17. The highest BCUT2D eigenvalue weighted by Crippen LogP contribution is 2.21. The maximum absolute atomic E-state index is 12.3. The molecule has 0 atom stereocenters. The number of carbonyl (C=O) groups is 1. The largest absolute Gasteiger partial charge is 0.379 e. The van der Waals surface area contributed by atoms with Crippen LogP contribution >= 0.6 is 11.8 Å². The summed E-state index contributed by atoms with van der Waals surface area (Å²) >= 11 is 1.74. The van der Waals surface area contributed by atoms with Crippen LogP contribution in [0.3, 0.4) is 0 Å². The normalized spacial score (nSPS) is 14.8. The van der Waals surface area contributed by atoms with Crippen LogP contribution in [0.1, 0.15) is 28.7 Å². The highest BCUT2D eigenvalue weighted by molar-refractivity contribution is 7.99. The fourth-order valence-corrected chi connectivity index (χ4v) is 4.18. The third-order valence-corrected chi connectivity index (χ3v) is 6.16. The monoisotopic (exact) mass is 398 g/mol. The second kappa shape index (κ2) is 10.6. The SMILES string of the molecule is Cc1ccc(SCCC(=O)NCc2ccccc2CN2CCOCC2)cc1C. The quantitative estimate of drug-likeness (QED) is 0.684. The van der Waals surface area contributed by atoms with Gasteiger partial charge < -0.3 is 10.1 Å². The van der Waals surface area contributed by atoms with E-state index in [2.05, 4.69) is 60.5 Å². The Hall–Kier alpha value is -1.82. The number of morpholine rings is 1. The lowest BCUT2D eigenvalue weighted by Crippen LogP contribution is -2.36. The number of nitrogens with one attached hydrogen (secondary N) is 1. The molecule has 0 bridgehead atoms. The maximum atomic E-state index is 12.3. The summed E-state index contributed by atoms with van der Waals surface area (Å²) in [5, 5.41) is 3.09. The van der Waals surface area contributed by atoms with Crippen molar-refractivity contribution in [1.82, 2.24) is 10.2 Å². The Morgan fingerprint density at radius 1 is 1.07 bits per heavy atom. The summed E-state index contributed by atoms with van der Waals surface area (Å²) in [6.07, 6.45) is 0.531. The van der Waals surface area contributed by atoms with Gasteiger partial charge in [-0.3, -0.25) is 9.69 Å². The predicted molar refractivity (Wildman–Crippen MR) is 116 cm³/mol. The van der Waals surface area contributed by atoms with Gasteiger partial charge in [-0.05, 0) is 48.2 Å². The lowest BCUT2D eigenvalue weighted by atomic mass is 10.1. The Kier molecular flexibility index (Phi) is 7.95. The molecule has 28 heavy (non-hydrogen) atoms. The van der Waals surface area contributed by atoms with Crippen LogP contribution in [0, 0.1) is 13.8 Å². The highest BCUT2D eigenvalue weighted by atomic mass is 32.2. The number of carbonyl (C=O) groups excluding carboxylic acids is 1. The summed E-state index contributed by atoms with van der Waals surface area (Å²) in [7, 11) is 0. The molecule has 2 aromatic carbocycles. The van der Waals surface area contributed by atoms with E-state index in [0.717, 1.165) is 38.6 Å². The molecule has 0 unspecified atom stereocenters. The summed E-state index contributed by atoms with van der Waals surface area (Å²) in [5.41, 5.74) is 5.09. The topological polar surface area (TPSA) is 41.6 Å². The van der Waals surface area contributed by atoms with Gasteiger partial charge in [0.25, 0.3) is 0 Å². The molecule has 0 saturated carbocycles. The number of benzene rings is 2. The molecular formula is C23H30N2O2S. The first-order valence-corrected chi connectivity index (χ1v) is 10.9. The van der Waals surface area contributed by atoms with Crippen molar-refractivity contribution in [2.45, 2.75) is 38.3 Å². The molecule has 1 amide bonds. The van der Waals surface area contributed by atoms with Gasteiger partial charge in [0, 0.05) is 43.2 Å². The van der Waals surface area contributed by atoms with Gasteiger partial charge in [-0.2, -0.15) is 0 Å². The van der Waals surface area contributed by atoms with Crippen LogP contribution in [0.2, 0.25) is 0 Å². The van der Waals surface area contributed by atoms with Gasteiger partial charge in [0.2, 0.25) is 5.91 Å². The van der Waals surface area contributed by atoms with Gasteiger partial charge in [-0.25, -0.2) is 0 Å². The first kappa shape index (κ1) is 20.9. The van der Waals surface area contributed by atoms with E-state index in [4.69, 9.17) is 4.74 Å². The van der Waals surface area contributed by atoms with Crippen LogP contribution in [0.25, 0.3) is 0 Å². The maximum Gasteiger partial charge on any atom is 0.221 e. The average molecular weight is 399 g/mol. The molecule has 2 aromatic rings. The van der Waals surface area contributed by atoms with E-state index in [1.165, 1.54) is 27.1 Å². The van der Waals surface area contributed by atoms with E-state index in [1.807, 2.05) is 6.07 Å². The number of hydrogen-bond acceptors (Lipinski definition) is 4. The molecule has 1 saturated heterocycles. The zero-order chi connectivity index (χ0) is 19.8. The molecule has 3 rings (SSSR count). The van der Waals surface area contributed by atoms with E-state index < -0.39 is 0 Å². The summed E-state index contributed by atoms with van der Waals surface area (Å²) < 4.78 is 5.43. The van der Waals surface area contributed by atoms with Crippen molar-refractivity contribution in [2.24, 2.45) is 0 Å². The molecule has 0 radical (unpaired) electrons. The second-order valence-corrected chi connectivity index (χ2v) is 8.45. The van der Waals surface area contributed by atoms with Crippen molar-refractivity contribution in [1.29, 1.82) is 0 Å². The van der Waals surface area contributed by atoms with Crippen LogP contribution < -0.4 is 5.32 Å². The van der Waals surface area contributed by atoms with E-state index >= 15 is 0 Å². The fourth-order valence-electron chi connectivity index (χ4n) is 3.23. The molecule has 1 aliphatic heterocycles. The van der Waals surface area contributed by atoms with E-state index in [-0.39, 0.29) is 5.91 Å². The van der Waals surface area contributed by atoms with Crippen molar-refractivity contribution < 1.29 is 9.53 Å². The second-order valence-electron chi connectivity index (χ2n) is 7.28. The van der Waals surface area contributed by atoms with E-state index in [0.29, 0.717) is 13.0 Å². The van der Waals surface area contributed by atoms with Gasteiger partial charge in [0.05, 0.1) is 13.2 Å². The molecular weight excluding hydrogens is 368 g/mol. The fraction of sp³-hybridized carbons (Fsp3) is 0.435. The smallest absolute Gasteiger partial charge is 0.221 e. The first-order valence-electron chi connectivity index (χ1n) is 9.95. The van der Waals surface area contributed by atoms with Crippen molar-refractivity contribution in [3.63, 3.8) is 0 Å². The molecule has 1 N–H and O–H groups in total. The Morgan fingerprint density at radius 2 is 1.82 bits per heavy atom. The Labute approximate surface area is 172 Å². The summed E-state index contributed by atoms with van der Waals surface area (Å²) in [6.45, 7) is 9.29. The summed E-state index contributed by atoms with van der Waals surface area (Å²) in [4.78, 5) is 15.9. The Balaban J connectivity index is 1.44. The van der Waals surface area contributed by atoms with Gasteiger partial charge in [0.15, 0.2) is 0 Å². The van der Waals surface area contributed by atoms with Crippen LogP contribution in [0.5, 0.6) is 0 Å². The first-order chi connectivity index (χ1) is 13.6. The number of hydrogen-bond donors (Lipinski definition) is 1. The Bertz CT molecular complexity index is 788. The standard InChI is InChI=1S/C23H30N2O2S/c1-18-7-8-22(15-19(18)2)28-14-9-23(26)24-16-20-5-3-4-6-21(20)17-25-10-12-27-13-11-25/h3-8,15H,9-14,16-17H2,1-2H3,(H,24,26). The number of rotatable bonds is 8. The minimum atomic E-state index is 0.109. The van der Waals surface area contributed by atoms with Crippen LogP contribution in [0.15, 0.2) is 47.4 Å². The van der Waals surface area contributed by atoms with Crippen molar-refractivity contribution in [3.8, 4) is 0 Å². The summed E-state index contributed by atoms with van der Waals surface area (Å²) in [5.74, 6) is 0.904.